The topological polar surface area (TPSA) is 64.6 Å². The first kappa shape index (κ1) is 19.4. The minimum absolute atomic E-state index is 0.0299. The van der Waals surface area contributed by atoms with Crippen molar-refractivity contribution in [3.05, 3.63) is 53.3 Å². The molecule has 0 radical (unpaired) electrons. The summed E-state index contributed by atoms with van der Waals surface area (Å²) in [4.78, 5) is 14.4. The third-order valence-electron chi connectivity index (χ3n) is 4.49. The molecular weight excluding hydrogens is 389 g/mol. The Hall–Kier alpha value is -2.38. The maximum atomic E-state index is 13.2. The van der Waals surface area contributed by atoms with Crippen LogP contribution in [0.15, 0.2) is 42.5 Å². The third kappa shape index (κ3) is 4.87. The second kappa shape index (κ2) is 8.54. The Bertz CT molecular complexity index is 857. The van der Waals surface area contributed by atoms with Gasteiger partial charge in [-0.05, 0) is 55.4 Å². The highest BCUT2D eigenvalue weighted by molar-refractivity contribution is 7.80. The fourth-order valence-electron chi connectivity index (χ4n) is 2.94. The number of para-hydroxylation sites is 2. The van der Waals surface area contributed by atoms with Crippen LogP contribution in [-0.2, 0) is 4.79 Å². The Morgan fingerprint density at radius 3 is 2.56 bits per heavy atom. The predicted octanol–water partition coefficient (Wildman–Crippen LogP) is 4.23. The Labute approximate surface area is 167 Å². The molecule has 1 fully saturated rings. The van der Waals surface area contributed by atoms with Crippen molar-refractivity contribution in [3.63, 3.8) is 0 Å². The van der Waals surface area contributed by atoms with Gasteiger partial charge in [0.1, 0.15) is 11.6 Å². The Balaban J connectivity index is 1.52. The summed E-state index contributed by atoms with van der Waals surface area (Å²) in [6.07, 6.45) is 1.29. The van der Waals surface area contributed by atoms with Crippen LogP contribution < -0.4 is 10.6 Å². The molecule has 0 aromatic heterocycles. The van der Waals surface area contributed by atoms with Crippen molar-refractivity contribution in [1.82, 2.24) is 4.90 Å². The van der Waals surface area contributed by atoms with Crippen LogP contribution in [0.25, 0.3) is 0 Å². The van der Waals surface area contributed by atoms with Gasteiger partial charge in [0.25, 0.3) is 0 Å². The summed E-state index contributed by atoms with van der Waals surface area (Å²) >= 11 is 11.2. The second-order valence-corrected chi connectivity index (χ2v) is 7.12. The van der Waals surface area contributed by atoms with Crippen molar-refractivity contribution < 1.29 is 14.3 Å². The molecule has 2 aromatic rings. The van der Waals surface area contributed by atoms with Crippen LogP contribution in [0.4, 0.5) is 15.8 Å². The second-order valence-electron chi connectivity index (χ2n) is 6.33. The average Bonchev–Trinajstić information content (AvgIpc) is 2.66. The van der Waals surface area contributed by atoms with E-state index < -0.39 is 5.82 Å². The standard InChI is InChI=1S/C19H19ClFN3O2S/c20-14-11-13(5-6-15(14)21)22-19(27)24-9-7-12(8-10-24)18(26)23-16-3-1-2-4-17(16)25/h1-6,11-12,25H,7-10H2,(H,22,27)(H,23,26). The molecule has 1 amide bonds. The van der Waals surface area contributed by atoms with Gasteiger partial charge in [-0.2, -0.15) is 0 Å². The highest BCUT2D eigenvalue weighted by atomic mass is 35.5. The molecule has 0 unspecified atom stereocenters. The molecule has 0 spiro atoms. The lowest BCUT2D eigenvalue weighted by Crippen LogP contribution is -2.43. The maximum Gasteiger partial charge on any atom is 0.227 e. The number of halogens is 2. The Morgan fingerprint density at radius 2 is 1.89 bits per heavy atom. The van der Waals surface area contributed by atoms with Crippen LogP contribution in [0, 0.1) is 11.7 Å². The lowest BCUT2D eigenvalue weighted by atomic mass is 9.96. The molecule has 1 saturated heterocycles. The number of rotatable bonds is 3. The van der Waals surface area contributed by atoms with Gasteiger partial charge in [0, 0.05) is 24.7 Å². The molecule has 0 bridgehead atoms. The summed E-state index contributed by atoms with van der Waals surface area (Å²) in [7, 11) is 0. The van der Waals surface area contributed by atoms with Gasteiger partial charge in [-0.25, -0.2) is 4.39 Å². The minimum Gasteiger partial charge on any atom is -0.506 e. The summed E-state index contributed by atoms with van der Waals surface area (Å²) in [5.74, 6) is -0.694. The zero-order chi connectivity index (χ0) is 19.4. The molecule has 0 atom stereocenters. The van der Waals surface area contributed by atoms with Gasteiger partial charge in [-0.15, -0.1) is 0 Å². The van der Waals surface area contributed by atoms with Gasteiger partial charge < -0.3 is 20.6 Å². The van der Waals surface area contributed by atoms with E-state index in [-0.39, 0.29) is 22.6 Å². The number of likely N-dealkylation sites (tertiary alicyclic amines) is 1. The molecule has 1 heterocycles. The van der Waals surface area contributed by atoms with Crippen molar-refractivity contribution in [3.8, 4) is 5.75 Å². The van der Waals surface area contributed by atoms with Crippen LogP contribution in [0.2, 0.25) is 5.02 Å². The van der Waals surface area contributed by atoms with E-state index in [1.165, 1.54) is 18.2 Å². The number of hydrogen-bond acceptors (Lipinski definition) is 3. The highest BCUT2D eigenvalue weighted by Gasteiger charge is 2.26. The van der Waals surface area contributed by atoms with E-state index >= 15 is 0 Å². The lowest BCUT2D eigenvalue weighted by Gasteiger charge is -2.33. The number of nitrogens with zero attached hydrogens (tertiary/aromatic N) is 1. The van der Waals surface area contributed by atoms with E-state index in [1.807, 2.05) is 4.90 Å². The number of phenolic OH excluding ortho intramolecular Hbond substituents is 1. The van der Waals surface area contributed by atoms with Gasteiger partial charge in [0.15, 0.2) is 5.11 Å². The van der Waals surface area contributed by atoms with Gasteiger partial charge in [0.05, 0.1) is 10.7 Å². The Kier molecular flexibility index (Phi) is 6.13. The molecule has 2 aromatic carbocycles. The zero-order valence-corrected chi connectivity index (χ0v) is 16.0. The number of aromatic hydroxyl groups is 1. The van der Waals surface area contributed by atoms with Crippen molar-refractivity contribution in [2.24, 2.45) is 5.92 Å². The lowest BCUT2D eigenvalue weighted by molar-refractivity contribution is -0.121. The number of piperidine rings is 1. The van der Waals surface area contributed by atoms with Crippen LogP contribution in [0.5, 0.6) is 5.75 Å². The summed E-state index contributed by atoms with van der Waals surface area (Å²) in [5, 5.41) is 16.1. The number of hydrogen-bond donors (Lipinski definition) is 3. The summed E-state index contributed by atoms with van der Waals surface area (Å²) in [6, 6.07) is 11.0. The maximum absolute atomic E-state index is 13.2. The first-order valence-corrected chi connectivity index (χ1v) is 9.32. The number of benzene rings is 2. The molecular formula is C19H19ClFN3O2S. The van der Waals surface area contributed by atoms with Crippen molar-refractivity contribution in [1.29, 1.82) is 0 Å². The highest BCUT2D eigenvalue weighted by Crippen LogP contribution is 2.25. The number of carbonyl (C=O) groups is 1. The van der Waals surface area contributed by atoms with E-state index in [4.69, 9.17) is 23.8 Å². The van der Waals surface area contributed by atoms with Gasteiger partial charge in [0.2, 0.25) is 5.91 Å². The van der Waals surface area contributed by atoms with Crippen LogP contribution in [0.1, 0.15) is 12.8 Å². The molecule has 1 aliphatic heterocycles. The number of phenols is 1. The predicted molar refractivity (Wildman–Crippen MR) is 109 cm³/mol. The van der Waals surface area contributed by atoms with Gasteiger partial charge in [-0.3, -0.25) is 4.79 Å². The number of carbonyl (C=O) groups excluding carboxylic acids is 1. The molecule has 8 heteroatoms. The van der Waals surface area contributed by atoms with E-state index in [9.17, 15) is 14.3 Å². The molecule has 5 nitrogen and oxygen atoms in total. The number of thiocarbonyl (C=S) groups is 1. The fraction of sp³-hybridized carbons (Fsp3) is 0.263. The molecule has 1 aliphatic rings. The molecule has 3 rings (SSSR count). The number of nitrogens with one attached hydrogen (secondary N) is 2. The first-order chi connectivity index (χ1) is 12.9. The molecule has 27 heavy (non-hydrogen) atoms. The summed E-state index contributed by atoms with van der Waals surface area (Å²) in [6.45, 7) is 1.25. The summed E-state index contributed by atoms with van der Waals surface area (Å²) < 4.78 is 13.2. The van der Waals surface area contributed by atoms with Crippen LogP contribution in [-0.4, -0.2) is 34.1 Å². The Morgan fingerprint density at radius 1 is 1.19 bits per heavy atom. The van der Waals surface area contributed by atoms with Crippen molar-refractivity contribution in [2.75, 3.05) is 23.7 Å². The van der Waals surface area contributed by atoms with Gasteiger partial charge in [-0.1, -0.05) is 23.7 Å². The summed E-state index contributed by atoms with van der Waals surface area (Å²) in [5.41, 5.74) is 1.03. The van der Waals surface area contributed by atoms with Gasteiger partial charge >= 0.3 is 0 Å². The van der Waals surface area contributed by atoms with Crippen molar-refractivity contribution in [2.45, 2.75) is 12.8 Å². The quantitative estimate of drug-likeness (QED) is 0.525. The third-order valence-corrected chi connectivity index (χ3v) is 5.14. The van der Waals surface area contributed by atoms with E-state index in [0.717, 1.165) is 0 Å². The largest absolute Gasteiger partial charge is 0.506 e. The van der Waals surface area contributed by atoms with Crippen LogP contribution >= 0.6 is 23.8 Å². The number of amides is 1. The van der Waals surface area contributed by atoms with Crippen LogP contribution in [0.3, 0.4) is 0 Å². The molecule has 0 saturated carbocycles. The smallest absolute Gasteiger partial charge is 0.227 e. The molecule has 142 valence electrons. The monoisotopic (exact) mass is 407 g/mol. The SMILES string of the molecule is O=C(Nc1ccccc1O)C1CCN(C(=S)Nc2ccc(F)c(Cl)c2)CC1. The van der Waals surface area contributed by atoms with E-state index in [0.29, 0.717) is 42.4 Å². The average molecular weight is 408 g/mol. The fourth-order valence-corrected chi connectivity index (χ4v) is 3.42. The molecule has 3 N–H and O–H groups in total. The van der Waals surface area contributed by atoms with E-state index in [1.54, 1.807) is 24.3 Å². The van der Waals surface area contributed by atoms with Crippen molar-refractivity contribution >= 4 is 46.2 Å². The number of anilines is 2. The minimum atomic E-state index is -0.482. The van der Waals surface area contributed by atoms with E-state index in [2.05, 4.69) is 10.6 Å². The first-order valence-electron chi connectivity index (χ1n) is 8.54. The zero-order valence-electron chi connectivity index (χ0n) is 14.4. The molecule has 0 aliphatic carbocycles. The normalized spacial score (nSPS) is 14.7.